The van der Waals surface area contributed by atoms with E-state index >= 15 is 0 Å². The zero-order valence-electron chi connectivity index (χ0n) is 6.95. The van der Waals surface area contributed by atoms with Gasteiger partial charge >= 0.3 is 0 Å². The summed E-state index contributed by atoms with van der Waals surface area (Å²) in [5.74, 6) is 0. The number of aldehydes is 1. The molecule has 1 aliphatic carbocycles. The molecule has 0 aliphatic heterocycles. The van der Waals surface area contributed by atoms with Crippen molar-refractivity contribution in [2.24, 2.45) is 0 Å². The Morgan fingerprint density at radius 2 is 2.33 bits per heavy atom. The molecule has 0 N–H and O–H groups in total. The topological polar surface area (TPSA) is 60.2 Å². The molecule has 1 aliphatic rings. The smallest absolute Gasteiger partial charge is 0.217 e. The summed E-state index contributed by atoms with van der Waals surface area (Å²) in [5.41, 5.74) is 1.62. The summed E-state index contributed by atoms with van der Waals surface area (Å²) in [6.45, 7) is 1.86. The van der Waals surface area contributed by atoms with Crippen LogP contribution in [0, 0.1) is 10.1 Å². The van der Waals surface area contributed by atoms with Crippen molar-refractivity contribution in [2.45, 2.75) is 32.2 Å². The monoisotopic (exact) mass is 169 g/mol. The fraction of sp³-hybridized carbons (Fsp3) is 0.625. The Morgan fingerprint density at radius 1 is 1.67 bits per heavy atom. The zero-order chi connectivity index (χ0) is 9.14. The van der Waals surface area contributed by atoms with E-state index in [0.717, 1.165) is 11.9 Å². The molecule has 0 heterocycles. The molecule has 66 valence electrons. The summed E-state index contributed by atoms with van der Waals surface area (Å²) in [6, 6.07) is -0.547. The van der Waals surface area contributed by atoms with Crippen molar-refractivity contribution in [1.82, 2.24) is 0 Å². The number of nitrogens with zero attached hydrogens (tertiary/aromatic N) is 1. The van der Waals surface area contributed by atoms with Crippen LogP contribution in [0.1, 0.15) is 26.2 Å². The zero-order valence-corrected chi connectivity index (χ0v) is 6.95. The highest BCUT2D eigenvalue weighted by molar-refractivity contribution is 5.74. The first-order valence-electron chi connectivity index (χ1n) is 3.92. The van der Waals surface area contributed by atoms with Gasteiger partial charge in [-0.05, 0) is 18.9 Å². The molecule has 4 nitrogen and oxygen atoms in total. The molecule has 1 rings (SSSR count). The standard InChI is InChI=1S/C8H11NO3/c1-6-2-3-8(9(11)12)4-7(6)5-10/h5,8H,2-4H2,1H3. The largest absolute Gasteiger partial charge is 0.298 e. The van der Waals surface area contributed by atoms with Crippen LogP contribution in [0.5, 0.6) is 0 Å². The molecule has 12 heavy (non-hydrogen) atoms. The average molecular weight is 169 g/mol. The highest BCUT2D eigenvalue weighted by Gasteiger charge is 2.26. The van der Waals surface area contributed by atoms with Crippen LogP contribution in [-0.2, 0) is 4.79 Å². The van der Waals surface area contributed by atoms with Crippen molar-refractivity contribution in [3.8, 4) is 0 Å². The van der Waals surface area contributed by atoms with Crippen molar-refractivity contribution in [3.63, 3.8) is 0 Å². The molecular weight excluding hydrogens is 158 g/mol. The van der Waals surface area contributed by atoms with Crippen LogP contribution in [0.3, 0.4) is 0 Å². The van der Waals surface area contributed by atoms with Crippen molar-refractivity contribution >= 4 is 6.29 Å². The Hall–Kier alpha value is -1.19. The molecule has 0 spiro atoms. The Kier molecular flexibility index (Phi) is 2.58. The van der Waals surface area contributed by atoms with E-state index in [1.54, 1.807) is 0 Å². The van der Waals surface area contributed by atoms with Crippen molar-refractivity contribution < 1.29 is 9.72 Å². The normalized spacial score (nSPS) is 23.9. The molecule has 0 fully saturated rings. The van der Waals surface area contributed by atoms with Gasteiger partial charge in [0.2, 0.25) is 6.04 Å². The predicted octanol–water partition coefficient (Wildman–Crippen LogP) is 1.33. The third-order valence-corrected chi connectivity index (χ3v) is 2.30. The molecule has 0 aromatic rings. The van der Waals surface area contributed by atoms with Crippen molar-refractivity contribution in [1.29, 1.82) is 0 Å². The van der Waals surface area contributed by atoms with Gasteiger partial charge in [0, 0.05) is 17.8 Å². The van der Waals surface area contributed by atoms with E-state index in [1.807, 2.05) is 6.92 Å². The molecule has 0 saturated heterocycles. The van der Waals surface area contributed by atoms with Gasteiger partial charge in [0.05, 0.1) is 0 Å². The van der Waals surface area contributed by atoms with Gasteiger partial charge < -0.3 is 0 Å². The predicted molar refractivity (Wildman–Crippen MR) is 43.4 cm³/mol. The van der Waals surface area contributed by atoms with E-state index in [1.165, 1.54) is 0 Å². The minimum Gasteiger partial charge on any atom is -0.298 e. The van der Waals surface area contributed by atoms with E-state index in [0.29, 0.717) is 24.8 Å². The first-order chi connectivity index (χ1) is 5.65. The lowest BCUT2D eigenvalue weighted by Gasteiger charge is -2.16. The Morgan fingerprint density at radius 3 is 2.83 bits per heavy atom. The number of carbonyl (C=O) groups is 1. The van der Waals surface area contributed by atoms with E-state index in [9.17, 15) is 14.9 Å². The van der Waals surface area contributed by atoms with Crippen molar-refractivity contribution in [2.75, 3.05) is 0 Å². The van der Waals surface area contributed by atoms with Crippen molar-refractivity contribution in [3.05, 3.63) is 21.3 Å². The first-order valence-corrected chi connectivity index (χ1v) is 3.92. The van der Waals surface area contributed by atoms with Crippen LogP contribution >= 0.6 is 0 Å². The van der Waals surface area contributed by atoms with E-state index in [-0.39, 0.29) is 4.92 Å². The van der Waals surface area contributed by atoms with E-state index in [2.05, 4.69) is 0 Å². The molecule has 1 unspecified atom stereocenters. The third-order valence-electron chi connectivity index (χ3n) is 2.30. The molecule has 4 heteroatoms. The van der Waals surface area contributed by atoms with Crippen LogP contribution in [0.2, 0.25) is 0 Å². The van der Waals surface area contributed by atoms with Crippen LogP contribution < -0.4 is 0 Å². The van der Waals surface area contributed by atoms with Crippen LogP contribution in [0.25, 0.3) is 0 Å². The molecule has 0 amide bonds. The first kappa shape index (κ1) is 8.90. The van der Waals surface area contributed by atoms with Crippen LogP contribution in [-0.4, -0.2) is 17.3 Å². The maximum absolute atomic E-state index is 10.5. The second kappa shape index (κ2) is 3.47. The Bertz CT molecular complexity index is 245. The molecular formula is C8H11NO3. The molecule has 0 saturated carbocycles. The fourth-order valence-corrected chi connectivity index (χ4v) is 1.40. The molecule has 0 aromatic heterocycles. The lowest BCUT2D eigenvalue weighted by molar-refractivity contribution is -0.523. The number of carbonyl (C=O) groups excluding carboxylic acids is 1. The summed E-state index contributed by atoms with van der Waals surface area (Å²) in [6.07, 6.45) is 2.29. The summed E-state index contributed by atoms with van der Waals surface area (Å²) in [5, 5.41) is 10.4. The molecule has 0 bridgehead atoms. The van der Waals surface area contributed by atoms with E-state index in [4.69, 9.17) is 0 Å². The summed E-state index contributed by atoms with van der Waals surface area (Å²) >= 11 is 0. The summed E-state index contributed by atoms with van der Waals surface area (Å²) < 4.78 is 0. The Balaban J connectivity index is 2.74. The van der Waals surface area contributed by atoms with Gasteiger partial charge in [0.1, 0.15) is 6.29 Å². The lowest BCUT2D eigenvalue weighted by atomic mass is 9.90. The van der Waals surface area contributed by atoms with E-state index < -0.39 is 6.04 Å². The number of hydrogen-bond acceptors (Lipinski definition) is 3. The number of hydrogen-bond donors (Lipinski definition) is 0. The maximum atomic E-state index is 10.5. The second-order valence-corrected chi connectivity index (χ2v) is 3.11. The van der Waals surface area contributed by atoms with Gasteiger partial charge in [-0.3, -0.25) is 14.9 Å². The number of allylic oxidation sites excluding steroid dienone is 1. The maximum Gasteiger partial charge on any atom is 0.217 e. The van der Waals surface area contributed by atoms with Gasteiger partial charge in [-0.2, -0.15) is 0 Å². The summed E-state index contributed by atoms with van der Waals surface area (Å²) in [7, 11) is 0. The van der Waals surface area contributed by atoms with Gasteiger partial charge in [0.15, 0.2) is 0 Å². The van der Waals surface area contributed by atoms with Crippen LogP contribution in [0.4, 0.5) is 0 Å². The fourth-order valence-electron chi connectivity index (χ4n) is 1.40. The van der Waals surface area contributed by atoms with Gasteiger partial charge in [-0.15, -0.1) is 0 Å². The number of nitro groups is 1. The average Bonchev–Trinajstić information content (AvgIpc) is 2.05. The minimum atomic E-state index is -0.547. The molecule has 0 radical (unpaired) electrons. The lowest BCUT2D eigenvalue weighted by Crippen LogP contribution is -2.24. The molecule has 0 aromatic carbocycles. The van der Waals surface area contributed by atoms with Gasteiger partial charge in [-0.1, -0.05) is 5.57 Å². The Labute approximate surface area is 70.4 Å². The van der Waals surface area contributed by atoms with Crippen LogP contribution in [0.15, 0.2) is 11.1 Å². The quantitative estimate of drug-likeness (QED) is 0.356. The second-order valence-electron chi connectivity index (χ2n) is 3.11. The number of rotatable bonds is 2. The third kappa shape index (κ3) is 1.69. The summed E-state index contributed by atoms with van der Waals surface area (Å²) in [4.78, 5) is 20.6. The van der Waals surface area contributed by atoms with Gasteiger partial charge in [0.25, 0.3) is 0 Å². The van der Waals surface area contributed by atoms with Gasteiger partial charge in [-0.25, -0.2) is 0 Å². The highest BCUT2D eigenvalue weighted by Crippen LogP contribution is 2.24. The molecule has 1 atom stereocenters. The minimum absolute atomic E-state index is 0.296. The SMILES string of the molecule is CC1=C(C=O)CC([N+](=O)[O-])CC1. The highest BCUT2D eigenvalue weighted by atomic mass is 16.6.